The molecule has 1 aromatic rings. The van der Waals surface area contributed by atoms with E-state index in [9.17, 15) is 9.90 Å². The van der Waals surface area contributed by atoms with Crippen molar-refractivity contribution < 1.29 is 9.90 Å². The van der Waals surface area contributed by atoms with Crippen molar-refractivity contribution in [2.45, 2.75) is 31.4 Å². The number of nitrogens with zero attached hydrogens (tertiary/aromatic N) is 2. The summed E-state index contributed by atoms with van der Waals surface area (Å²) < 4.78 is 1.47. The smallest absolute Gasteiger partial charge is 0.241 e. The van der Waals surface area contributed by atoms with Crippen LogP contribution in [0.2, 0.25) is 0 Å². The third kappa shape index (κ3) is 2.52. The second-order valence-corrected chi connectivity index (χ2v) is 4.33. The summed E-state index contributed by atoms with van der Waals surface area (Å²) in [5.74, 6) is -0.163. The highest BCUT2D eigenvalue weighted by molar-refractivity contribution is 5.75. The Balaban J connectivity index is 1.76. The topological polar surface area (TPSA) is 93.2 Å². The minimum atomic E-state index is -0.682. The van der Waals surface area contributed by atoms with Crippen LogP contribution in [-0.2, 0) is 11.3 Å². The molecule has 6 nitrogen and oxygen atoms in total. The molecule has 0 spiro atoms. The van der Waals surface area contributed by atoms with Crippen LogP contribution < -0.4 is 11.1 Å². The highest BCUT2D eigenvalue weighted by Gasteiger charge is 2.34. The molecule has 0 atom stereocenters. The summed E-state index contributed by atoms with van der Waals surface area (Å²) in [5.41, 5.74) is 5.32. The Bertz CT molecular complexity index is 384. The maximum Gasteiger partial charge on any atom is 0.241 e. The van der Waals surface area contributed by atoms with Crippen LogP contribution in [0.1, 0.15) is 19.3 Å². The Morgan fingerprint density at radius 2 is 2.44 bits per heavy atom. The SMILES string of the molecule is Nc1cnn(CC(=O)NCC2(O)CCC2)c1. The molecule has 16 heavy (non-hydrogen) atoms. The lowest BCUT2D eigenvalue weighted by molar-refractivity contribution is -0.124. The lowest BCUT2D eigenvalue weighted by atomic mass is 9.80. The van der Waals surface area contributed by atoms with E-state index in [2.05, 4.69) is 10.4 Å². The molecule has 1 aromatic heterocycles. The summed E-state index contributed by atoms with van der Waals surface area (Å²) in [6, 6.07) is 0. The van der Waals surface area contributed by atoms with Crippen molar-refractivity contribution in [3.05, 3.63) is 12.4 Å². The number of nitrogen functional groups attached to an aromatic ring is 1. The number of aromatic nitrogens is 2. The van der Waals surface area contributed by atoms with Gasteiger partial charge in [-0.1, -0.05) is 0 Å². The number of nitrogens with one attached hydrogen (secondary N) is 1. The molecule has 1 saturated carbocycles. The van der Waals surface area contributed by atoms with Crippen LogP contribution in [0.25, 0.3) is 0 Å². The lowest BCUT2D eigenvalue weighted by Gasteiger charge is -2.36. The van der Waals surface area contributed by atoms with Crippen molar-refractivity contribution in [3.8, 4) is 0 Å². The molecule has 1 fully saturated rings. The first-order valence-electron chi connectivity index (χ1n) is 5.34. The molecule has 0 aromatic carbocycles. The number of carbonyl (C=O) groups is 1. The number of amides is 1. The fourth-order valence-corrected chi connectivity index (χ4v) is 1.69. The van der Waals surface area contributed by atoms with Gasteiger partial charge in [-0.2, -0.15) is 5.10 Å². The number of hydrogen-bond acceptors (Lipinski definition) is 4. The Hall–Kier alpha value is -1.56. The van der Waals surface area contributed by atoms with E-state index in [1.54, 1.807) is 6.20 Å². The second kappa shape index (κ2) is 4.13. The second-order valence-electron chi connectivity index (χ2n) is 4.33. The Labute approximate surface area is 93.4 Å². The monoisotopic (exact) mass is 224 g/mol. The highest BCUT2D eigenvalue weighted by atomic mass is 16.3. The Morgan fingerprint density at radius 1 is 1.69 bits per heavy atom. The van der Waals surface area contributed by atoms with Crippen molar-refractivity contribution in [1.82, 2.24) is 15.1 Å². The van der Waals surface area contributed by atoms with Gasteiger partial charge in [-0.15, -0.1) is 0 Å². The van der Waals surface area contributed by atoms with Gasteiger partial charge in [0.2, 0.25) is 5.91 Å². The summed E-state index contributed by atoms with van der Waals surface area (Å²) >= 11 is 0. The lowest BCUT2D eigenvalue weighted by Crippen LogP contribution is -2.48. The summed E-state index contributed by atoms with van der Waals surface area (Å²) in [6.07, 6.45) is 5.65. The fourth-order valence-electron chi connectivity index (χ4n) is 1.69. The maximum absolute atomic E-state index is 11.5. The molecule has 1 aliphatic rings. The van der Waals surface area contributed by atoms with Gasteiger partial charge in [0.25, 0.3) is 0 Å². The average molecular weight is 224 g/mol. The van der Waals surface area contributed by atoms with Crippen LogP contribution in [-0.4, -0.2) is 32.9 Å². The van der Waals surface area contributed by atoms with E-state index in [4.69, 9.17) is 5.73 Å². The molecule has 88 valence electrons. The van der Waals surface area contributed by atoms with E-state index < -0.39 is 5.60 Å². The minimum Gasteiger partial charge on any atom is -0.396 e. The molecule has 1 aliphatic carbocycles. The summed E-state index contributed by atoms with van der Waals surface area (Å²) in [6.45, 7) is 0.454. The van der Waals surface area contributed by atoms with Crippen LogP contribution in [0.15, 0.2) is 12.4 Å². The number of hydrogen-bond donors (Lipinski definition) is 3. The molecule has 0 bridgehead atoms. The first-order chi connectivity index (χ1) is 7.57. The molecule has 4 N–H and O–H groups in total. The summed E-state index contributed by atoms with van der Waals surface area (Å²) in [7, 11) is 0. The first kappa shape index (κ1) is 10.9. The average Bonchev–Trinajstić information content (AvgIpc) is 2.58. The number of rotatable bonds is 4. The standard InChI is InChI=1S/C10H16N4O2/c11-8-4-13-14(5-8)6-9(15)12-7-10(16)2-1-3-10/h4-5,16H,1-3,6-7,11H2,(H,12,15). The van der Waals surface area contributed by atoms with E-state index in [1.165, 1.54) is 10.9 Å². The molecule has 2 rings (SSSR count). The van der Waals surface area contributed by atoms with Gasteiger partial charge < -0.3 is 16.2 Å². The normalized spacial score (nSPS) is 17.8. The van der Waals surface area contributed by atoms with Gasteiger partial charge in [-0.05, 0) is 19.3 Å². The van der Waals surface area contributed by atoms with Crippen molar-refractivity contribution in [3.63, 3.8) is 0 Å². The molecule has 0 aliphatic heterocycles. The van der Waals surface area contributed by atoms with Crippen LogP contribution in [0.3, 0.4) is 0 Å². The Kier molecular flexibility index (Phi) is 2.82. The summed E-state index contributed by atoms with van der Waals surface area (Å²) in [4.78, 5) is 11.5. The zero-order valence-electron chi connectivity index (χ0n) is 9.02. The van der Waals surface area contributed by atoms with Gasteiger partial charge in [0.15, 0.2) is 0 Å². The molecular weight excluding hydrogens is 208 g/mol. The predicted octanol–water partition coefficient (Wildman–Crippen LogP) is -0.504. The minimum absolute atomic E-state index is 0.132. The zero-order valence-corrected chi connectivity index (χ0v) is 9.02. The van der Waals surface area contributed by atoms with Crippen LogP contribution in [0.5, 0.6) is 0 Å². The quantitative estimate of drug-likeness (QED) is 0.642. The molecule has 0 radical (unpaired) electrons. The zero-order chi connectivity index (χ0) is 11.6. The van der Waals surface area contributed by atoms with Crippen LogP contribution >= 0.6 is 0 Å². The predicted molar refractivity (Wildman–Crippen MR) is 58.4 cm³/mol. The van der Waals surface area contributed by atoms with Crippen molar-refractivity contribution >= 4 is 11.6 Å². The molecule has 0 saturated heterocycles. The van der Waals surface area contributed by atoms with Gasteiger partial charge in [0, 0.05) is 12.7 Å². The van der Waals surface area contributed by atoms with Crippen molar-refractivity contribution in [2.24, 2.45) is 0 Å². The molecular formula is C10H16N4O2. The molecule has 6 heteroatoms. The third-order valence-corrected chi connectivity index (χ3v) is 2.86. The van der Waals surface area contributed by atoms with Crippen molar-refractivity contribution in [1.29, 1.82) is 0 Å². The van der Waals surface area contributed by atoms with Crippen molar-refractivity contribution in [2.75, 3.05) is 12.3 Å². The number of aliphatic hydroxyl groups is 1. The number of anilines is 1. The largest absolute Gasteiger partial charge is 0.396 e. The van der Waals surface area contributed by atoms with E-state index in [1.807, 2.05) is 0 Å². The molecule has 1 amide bonds. The van der Waals surface area contributed by atoms with Gasteiger partial charge in [0.05, 0.1) is 17.5 Å². The van der Waals surface area contributed by atoms with E-state index in [0.717, 1.165) is 19.3 Å². The van der Waals surface area contributed by atoms with E-state index >= 15 is 0 Å². The van der Waals surface area contributed by atoms with Crippen LogP contribution in [0.4, 0.5) is 5.69 Å². The number of carbonyl (C=O) groups excluding carboxylic acids is 1. The number of nitrogens with two attached hydrogens (primary N) is 1. The van der Waals surface area contributed by atoms with Gasteiger partial charge in [-0.25, -0.2) is 0 Å². The Morgan fingerprint density at radius 3 is 2.94 bits per heavy atom. The third-order valence-electron chi connectivity index (χ3n) is 2.86. The summed E-state index contributed by atoms with van der Waals surface area (Å²) in [5, 5.41) is 16.4. The van der Waals surface area contributed by atoms with Gasteiger partial charge in [-0.3, -0.25) is 9.48 Å². The van der Waals surface area contributed by atoms with E-state index in [-0.39, 0.29) is 12.5 Å². The molecule has 0 unspecified atom stereocenters. The fraction of sp³-hybridized carbons (Fsp3) is 0.600. The van der Waals surface area contributed by atoms with Gasteiger partial charge >= 0.3 is 0 Å². The highest BCUT2D eigenvalue weighted by Crippen LogP contribution is 2.30. The van der Waals surface area contributed by atoms with Crippen LogP contribution in [0, 0.1) is 0 Å². The first-order valence-corrected chi connectivity index (χ1v) is 5.34. The van der Waals surface area contributed by atoms with Gasteiger partial charge in [0.1, 0.15) is 6.54 Å². The maximum atomic E-state index is 11.5. The molecule has 1 heterocycles. The van der Waals surface area contributed by atoms with E-state index in [0.29, 0.717) is 12.2 Å².